The first-order valence-electron chi connectivity index (χ1n) is 6.35. The van der Waals surface area contributed by atoms with E-state index < -0.39 is 30.2 Å². The van der Waals surface area contributed by atoms with Crippen LogP contribution in [0.15, 0.2) is 18.2 Å². The van der Waals surface area contributed by atoms with Crippen LogP contribution in [0.1, 0.15) is 17.2 Å². The van der Waals surface area contributed by atoms with Gasteiger partial charge in [0.15, 0.2) is 0 Å². The molecule has 1 aliphatic rings. The predicted octanol–water partition coefficient (Wildman–Crippen LogP) is 1.78. The van der Waals surface area contributed by atoms with Crippen LogP contribution in [0.25, 0.3) is 0 Å². The monoisotopic (exact) mass is 292 g/mol. The van der Waals surface area contributed by atoms with Crippen LogP contribution in [-0.2, 0) is 6.18 Å². The number of halogens is 4. The van der Waals surface area contributed by atoms with Crippen molar-refractivity contribution in [3.05, 3.63) is 35.1 Å². The van der Waals surface area contributed by atoms with Crippen LogP contribution in [0.3, 0.4) is 0 Å². The molecule has 7 heteroatoms. The molecule has 2 rings (SSSR count). The molecule has 1 aliphatic heterocycles. The van der Waals surface area contributed by atoms with Crippen LogP contribution in [0.5, 0.6) is 0 Å². The molecule has 0 aromatic heterocycles. The van der Waals surface area contributed by atoms with Crippen molar-refractivity contribution in [1.29, 1.82) is 0 Å². The zero-order valence-electron chi connectivity index (χ0n) is 10.8. The third-order valence-electron chi connectivity index (χ3n) is 3.45. The fraction of sp³-hybridized carbons (Fsp3) is 0.538. The van der Waals surface area contributed by atoms with E-state index in [-0.39, 0.29) is 5.56 Å². The minimum atomic E-state index is -4.64. The first kappa shape index (κ1) is 15.2. The molecule has 1 aromatic rings. The highest BCUT2D eigenvalue weighted by molar-refractivity contribution is 5.33. The summed E-state index contributed by atoms with van der Waals surface area (Å²) in [5, 5.41) is 12.6. The van der Waals surface area contributed by atoms with E-state index in [1.165, 1.54) is 0 Å². The van der Waals surface area contributed by atoms with E-state index in [0.29, 0.717) is 32.2 Å². The number of piperazine rings is 1. The molecule has 0 unspecified atom stereocenters. The molecule has 20 heavy (non-hydrogen) atoms. The van der Waals surface area contributed by atoms with Gasteiger partial charge in [0.25, 0.3) is 0 Å². The molecule has 1 saturated heterocycles. The average molecular weight is 292 g/mol. The van der Waals surface area contributed by atoms with E-state index in [4.69, 9.17) is 0 Å². The summed E-state index contributed by atoms with van der Waals surface area (Å²) >= 11 is 0. The molecule has 0 spiro atoms. The summed E-state index contributed by atoms with van der Waals surface area (Å²) in [6.45, 7) is 1.95. The maximum absolute atomic E-state index is 13.1. The van der Waals surface area contributed by atoms with Crippen LogP contribution in [0.2, 0.25) is 0 Å². The summed E-state index contributed by atoms with van der Waals surface area (Å²) in [4.78, 5) is 1.78. The molecule has 1 aromatic carbocycles. The van der Waals surface area contributed by atoms with Gasteiger partial charge in [-0.15, -0.1) is 0 Å². The number of rotatable bonds is 3. The average Bonchev–Trinajstić information content (AvgIpc) is 2.41. The Hall–Kier alpha value is -1.18. The van der Waals surface area contributed by atoms with Crippen molar-refractivity contribution < 1.29 is 22.7 Å². The van der Waals surface area contributed by atoms with Crippen LogP contribution in [0, 0.1) is 5.82 Å². The van der Waals surface area contributed by atoms with Gasteiger partial charge in [-0.2, -0.15) is 13.2 Å². The number of benzene rings is 1. The van der Waals surface area contributed by atoms with Gasteiger partial charge >= 0.3 is 6.18 Å². The zero-order valence-corrected chi connectivity index (χ0v) is 10.8. The minimum Gasteiger partial charge on any atom is -0.394 e. The SMILES string of the molecule is OC[C@H](c1ccc(F)cc1C(F)(F)F)N1CCNCC1. The van der Waals surface area contributed by atoms with Gasteiger partial charge in [0.05, 0.1) is 18.2 Å². The topological polar surface area (TPSA) is 35.5 Å². The number of hydrogen-bond acceptors (Lipinski definition) is 3. The lowest BCUT2D eigenvalue weighted by molar-refractivity contribution is -0.139. The largest absolute Gasteiger partial charge is 0.416 e. The predicted molar refractivity (Wildman–Crippen MR) is 65.7 cm³/mol. The standard InChI is InChI=1S/C13H16F4N2O/c14-9-1-2-10(11(7-9)13(15,16)17)12(8-20)19-5-3-18-4-6-19/h1-2,7,12,18,20H,3-6,8H2/t12-/m1/s1. The van der Waals surface area contributed by atoms with Gasteiger partial charge in [-0.05, 0) is 17.7 Å². The number of hydrogen-bond donors (Lipinski definition) is 2. The zero-order chi connectivity index (χ0) is 14.8. The van der Waals surface area contributed by atoms with Gasteiger partial charge in [-0.1, -0.05) is 6.07 Å². The van der Waals surface area contributed by atoms with Crippen molar-refractivity contribution in [1.82, 2.24) is 10.2 Å². The van der Waals surface area contributed by atoms with Crippen molar-refractivity contribution >= 4 is 0 Å². The normalized spacial score (nSPS) is 19.1. The van der Waals surface area contributed by atoms with E-state index in [1.807, 2.05) is 0 Å². The van der Waals surface area contributed by atoms with Gasteiger partial charge in [-0.3, -0.25) is 4.90 Å². The molecule has 1 fully saturated rings. The number of aliphatic hydroxyl groups excluding tert-OH is 1. The summed E-state index contributed by atoms with van der Waals surface area (Å²) in [6.07, 6.45) is -4.64. The lowest BCUT2D eigenvalue weighted by Gasteiger charge is -2.35. The van der Waals surface area contributed by atoms with E-state index >= 15 is 0 Å². The van der Waals surface area contributed by atoms with E-state index in [1.54, 1.807) is 4.90 Å². The lowest BCUT2D eigenvalue weighted by Crippen LogP contribution is -2.46. The molecule has 112 valence electrons. The van der Waals surface area contributed by atoms with Crippen LogP contribution < -0.4 is 5.32 Å². The third kappa shape index (κ3) is 3.28. The highest BCUT2D eigenvalue weighted by atomic mass is 19.4. The Balaban J connectivity index is 2.38. The Kier molecular flexibility index (Phi) is 4.62. The second-order valence-electron chi connectivity index (χ2n) is 4.71. The van der Waals surface area contributed by atoms with Crippen LogP contribution >= 0.6 is 0 Å². The Labute approximate surface area is 114 Å². The molecule has 1 atom stereocenters. The molecule has 0 bridgehead atoms. The fourth-order valence-corrected chi connectivity index (χ4v) is 2.47. The van der Waals surface area contributed by atoms with Crippen molar-refractivity contribution in [3.8, 4) is 0 Å². The molecule has 0 radical (unpaired) electrons. The highest BCUT2D eigenvalue weighted by Crippen LogP contribution is 2.36. The van der Waals surface area contributed by atoms with Gasteiger partial charge in [0, 0.05) is 26.2 Å². The Morgan fingerprint density at radius 2 is 1.90 bits per heavy atom. The van der Waals surface area contributed by atoms with Crippen molar-refractivity contribution in [2.24, 2.45) is 0 Å². The smallest absolute Gasteiger partial charge is 0.394 e. The third-order valence-corrected chi connectivity index (χ3v) is 3.45. The van der Waals surface area contributed by atoms with E-state index in [9.17, 15) is 22.7 Å². The van der Waals surface area contributed by atoms with Crippen molar-refractivity contribution in [2.45, 2.75) is 12.2 Å². The number of nitrogens with one attached hydrogen (secondary N) is 1. The molecule has 2 N–H and O–H groups in total. The highest BCUT2D eigenvalue weighted by Gasteiger charge is 2.37. The molecular formula is C13H16F4N2O. The maximum Gasteiger partial charge on any atom is 0.416 e. The summed E-state index contributed by atoms with van der Waals surface area (Å²) in [6, 6.07) is 1.82. The van der Waals surface area contributed by atoms with Gasteiger partial charge in [-0.25, -0.2) is 4.39 Å². The first-order chi connectivity index (χ1) is 9.43. The molecule has 0 amide bonds. The Morgan fingerprint density at radius 1 is 1.25 bits per heavy atom. The number of nitrogens with zero attached hydrogens (tertiary/aromatic N) is 1. The van der Waals surface area contributed by atoms with Crippen molar-refractivity contribution in [2.75, 3.05) is 32.8 Å². The number of aliphatic hydroxyl groups is 1. The molecular weight excluding hydrogens is 276 g/mol. The summed E-state index contributed by atoms with van der Waals surface area (Å²) in [5.74, 6) is -0.932. The van der Waals surface area contributed by atoms with Gasteiger partial charge in [0.1, 0.15) is 5.82 Å². The molecule has 3 nitrogen and oxygen atoms in total. The second kappa shape index (κ2) is 6.07. The summed E-state index contributed by atoms with van der Waals surface area (Å²) in [7, 11) is 0. The lowest BCUT2D eigenvalue weighted by atomic mass is 9.98. The molecule has 0 saturated carbocycles. The Morgan fingerprint density at radius 3 is 2.45 bits per heavy atom. The minimum absolute atomic E-state index is 0.0803. The Bertz CT molecular complexity index is 458. The van der Waals surface area contributed by atoms with Gasteiger partial charge in [0.2, 0.25) is 0 Å². The fourth-order valence-electron chi connectivity index (χ4n) is 2.47. The quantitative estimate of drug-likeness (QED) is 0.834. The summed E-state index contributed by atoms with van der Waals surface area (Å²) < 4.78 is 52.1. The second-order valence-corrected chi connectivity index (χ2v) is 4.71. The van der Waals surface area contributed by atoms with Crippen LogP contribution in [-0.4, -0.2) is 42.8 Å². The number of alkyl halides is 3. The van der Waals surface area contributed by atoms with Crippen LogP contribution in [0.4, 0.5) is 17.6 Å². The van der Waals surface area contributed by atoms with E-state index in [2.05, 4.69) is 5.32 Å². The van der Waals surface area contributed by atoms with E-state index in [0.717, 1.165) is 12.1 Å². The molecule has 1 heterocycles. The molecule has 0 aliphatic carbocycles. The van der Waals surface area contributed by atoms with Crippen molar-refractivity contribution in [3.63, 3.8) is 0 Å². The maximum atomic E-state index is 13.1. The van der Waals surface area contributed by atoms with Gasteiger partial charge < -0.3 is 10.4 Å². The summed E-state index contributed by atoms with van der Waals surface area (Å²) in [5.41, 5.74) is -1.10. The first-order valence-corrected chi connectivity index (χ1v) is 6.35.